The molecular formula is C21H31Cl2N5OS. The molecule has 0 spiro atoms. The molecule has 3 rings (SSSR count). The van der Waals surface area contributed by atoms with Gasteiger partial charge >= 0.3 is 0 Å². The molecule has 0 saturated carbocycles. The lowest BCUT2D eigenvalue weighted by Crippen LogP contribution is -2.35. The van der Waals surface area contributed by atoms with E-state index in [0.717, 1.165) is 60.1 Å². The number of likely N-dealkylation sites (tertiary alicyclic amines) is 1. The Balaban J connectivity index is 0.00000225. The number of aryl methyl sites for hydroxylation is 2. The molecule has 6 nitrogen and oxygen atoms in total. The van der Waals surface area contributed by atoms with E-state index in [9.17, 15) is 4.79 Å². The van der Waals surface area contributed by atoms with E-state index in [1.165, 1.54) is 17.8 Å². The minimum atomic E-state index is 0. The summed E-state index contributed by atoms with van der Waals surface area (Å²) in [5.74, 6) is 0.0628. The van der Waals surface area contributed by atoms with Crippen molar-refractivity contribution in [3.8, 4) is 0 Å². The van der Waals surface area contributed by atoms with Crippen molar-refractivity contribution in [1.29, 1.82) is 0 Å². The molecule has 0 unspecified atom stereocenters. The quantitative estimate of drug-likeness (QED) is 0.447. The van der Waals surface area contributed by atoms with Crippen LogP contribution in [0.4, 0.5) is 5.69 Å². The van der Waals surface area contributed by atoms with Crippen molar-refractivity contribution in [2.45, 2.75) is 46.5 Å². The van der Waals surface area contributed by atoms with Crippen LogP contribution in [0.25, 0.3) is 0 Å². The summed E-state index contributed by atoms with van der Waals surface area (Å²) < 4.78 is 0. The van der Waals surface area contributed by atoms with Gasteiger partial charge in [-0.05, 0) is 51.7 Å². The monoisotopic (exact) mass is 471 g/mol. The van der Waals surface area contributed by atoms with Crippen LogP contribution in [0.15, 0.2) is 16.4 Å². The van der Waals surface area contributed by atoms with Crippen LogP contribution in [0.3, 0.4) is 0 Å². The fourth-order valence-corrected chi connectivity index (χ4v) is 3.96. The topological polar surface area (TPSA) is 61.7 Å². The lowest BCUT2D eigenvalue weighted by atomic mass is 10.1. The molecule has 2 aromatic heterocycles. The van der Waals surface area contributed by atoms with E-state index in [4.69, 9.17) is 4.98 Å². The number of hydrogen-bond donors (Lipinski definition) is 0. The molecule has 0 aliphatic carbocycles. The highest BCUT2D eigenvalue weighted by molar-refractivity contribution is 7.09. The van der Waals surface area contributed by atoms with Gasteiger partial charge in [0.15, 0.2) is 0 Å². The zero-order valence-corrected chi connectivity index (χ0v) is 20.5. The van der Waals surface area contributed by atoms with Crippen molar-refractivity contribution in [1.82, 2.24) is 19.8 Å². The Bertz CT molecular complexity index is 865. The van der Waals surface area contributed by atoms with Crippen LogP contribution in [0, 0.1) is 13.8 Å². The average Bonchev–Trinajstić information content (AvgIpc) is 3.17. The Morgan fingerprint density at radius 2 is 1.93 bits per heavy atom. The summed E-state index contributed by atoms with van der Waals surface area (Å²) in [7, 11) is 2.00. The predicted octanol–water partition coefficient (Wildman–Crippen LogP) is 4.83. The number of nitrogens with zero attached hydrogens (tertiary/aromatic N) is 5. The third-order valence-corrected chi connectivity index (χ3v) is 5.96. The summed E-state index contributed by atoms with van der Waals surface area (Å²) in [6, 6.07) is 2.07. The van der Waals surface area contributed by atoms with E-state index >= 15 is 0 Å². The first kappa shape index (κ1) is 26.3. The second kappa shape index (κ2) is 12.2. The molecule has 1 fully saturated rings. The molecule has 1 saturated heterocycles. The standard InChI is InChI=1S/C21H29N5OS.2ClH/c1-5-25(4)14-22-18-11-15(2)17(23-16(18)3)12-20-24-19(13-28-20)21(27)26-9-7-6-8-10-26;;/h11,13-14H,5-10,12H2,1-4H3;2*1H. The Hall–Kier alpha value is -1.70. The van der Waals surface area contributed by atoms with Crippen LogP contribution in [0.5, 0.6) is 0 Å². The van der Waals surface area contributed by atoms with Gasteiger partial charge in [0.1, 0.15) is 5.69 Å². The molecule has 166 valence electrons. The zero-order valence-electron chi connectivity index (χ0n) is 18.1. The second-order valence-corrected chi connectivity index (χ2v) is 8.27. The third kappa shape index (κ3) is 6.65. The molecule has 2 aromatic rings. The van der Waals surface area contributed by atoms with Crippen LogP contribution in [0.2, 0.25) is 0 Å². The van der Waals surface area contributed by atoms with Crippen molar-refractivity contribution in [2.24, 2.45) is 4.99 Å². The van der Waals surface area contributed by atoms with E-state index in [2.05, 4.69) is 29.9 Å². The van der Waals surface area contributed by atoms with Crippen molar-refractivity contribution in [2.75, 3.05) is 26.7 Å². The van der Waals surface area contributed by atoms with E-state index in [1.807, 2.05) is 35.5 Å². The summed E-state index contributed by atoms with van der Waals surface area (Å²) in [5, 5.41) is 2.81. The van der Waals surface area contributed by atoms with Gasteiger partial charge in [-0.3, -0.25) is 9.78 Å². The van der Waals surface area contributed by atoms with Gasteiger partial charge in [-0.25, -0.2) is 9.98 Å². The number of thiazole rings is 1. The van der Waals surface area contributed by atoms with Gasteiger partial charge in [0.2, 0.25) is 0 Å². The minimum Gasteiger partial charge on any atom is -0.366 e. The molecular weight excluding hydrogens is 441 g/mol. The molecule has 30 heavy (non-hydrogen) atoms. The Morgan fingerprint density at radius 1 is 1.23 bits per heavy atom. The van der Waals surface area contributed by atoms with Gasteiger partial charge in [-0.15, -0.1) is 36.2 Å². The Kier molecular flexibility index (Phi) is 10.7. The molecule has 9 heteroatoms. The van der Waals surface area contributed by atoms with Crippen molar-refractivity contribution in [3.63, 3.8) is 0 Å². The zero-order chi connectivity index (χ0) is 20.1. The second-order valence-electron chi connectivity index (χ2n) is 7.33. The smallest absolute Gasteiger partial charge is 0.273 e. The highest BCUT2D eigenvalue weighted by Crippen LogP contribution is 2.23. The molecule has 0 radical (unpaired) electrons. The maximum Gasteiger partial charge on any atom is 0.273 e. The maximum absolute atomic E-state index is 12.6. The number of pyridine rings is 1. The highest BCUT2D eigenvalue weighted by atomic mass is 35.5. The summed E-state index contributed by atoms with van der Waals surface area (Å²) in [6.07, 6.45) is 5.87. The summed E-state index contributed by atoms with van der Waals surface area (Å²) in [6.45, 7) is 8.73. The van der Waals surface area contributed by atoms with E-state index in [-0.39, 0.29) is 30.7 Å². The number of aromatic nitrogens is 2. The van der Waals surface area contributed by atoms with Gasteiger partial charge in [0.05, 0.1) is 28.4 Å². The van der Waals surface area contributed by atoms with Gasteiger partial charge in [0, 0.05) is 38.5 Å². The molecule has 1 amide bonds. The molecule has 0 aromatic carbocycles. The van der Waals surface area contributed by atoms with E-state index < -0.39 is 0 Å². The number of piperidine rings is 1. The van der Waals surface area contributed by atoms with Gasteiger partial charge < -0.3 is 9.80 Å². The summed E-state index contributed by atoms with van der Waals surface area (Å²) >= 11 is 1.54. The molecule has 0 atom stereocenters. The summed E-state index contributed by atoms with van der Waals surface area (Å²) in [5.41, 5.74) is 4.45. The van der Waals surface area contributed by atoms with Gasteiger partial charge in [-0.2, -0.15) is 0 Å². The maximum atomic E-state index is 12.6. The van der Waals surface area contributed by atoms with Crippen LogP contribution in [-0.4, -0.2) is 58.7 Å². The van der Waals surface area contributed by atoms with Gasteiger partial charge in [0.25, 0.3) is 5.91 Å². The van der Waals surface area contributed by atoms with Crippen molar-refractivity contribution < 1.29 is 4.79 Å². The number of rotatable bonds is 6. The number of hydrogen-bond acceptors (Lipinski definition) is 5. The van der Waals surface area contributed by atoms with E-state index in [1.54, 1.807) is 0 Å². The number of carbonyl (C=O) groups is 1. The Morgan fingerprint density at radius 3 is 2.60 bits per heavy atom. The minimum absolute atomic E-state index is 0. The van der Waals surface area contributed by atoms with Crippen molar-refractivity contribution >= 4 is 54.1 Å². The Labute approximate surface area is 195 Å². The normalized spacial score (nSPS) is 13.7. The third-order valence-electron chi connectivity index (χ3n) is 5.11. The number of aliphatic imine (C=N–C) groups is 1. The molecule has 3 heterocycles. The average molecular weight is 472 g/mol. The molecule has 0 N–H and O–H groups in total. The van der Waals surface area contributed by atoms with E-state index in [0.29, 0.717) is 12.1 Å². The van der Waals surface area contributed by atoms with Crippen LogP contribution >= 0.6 is 36.2 Å². The molecule has 1 aliphatic heterocycles. The summed E-state index contributed by atoms with van der Waals surface area (Å²) in [4.78, 5) is 30.5. The van der Waals surface area contributed by atoms with Gasteiger partial charge in [-0.1, -0.05) is 0 Å². The number of carbonyl (C=O) groups excluding carboxylic acids is 1. The number of amides is 1. The lowest BCUT2D eigenvalue weighted by Gasteiger charge is -2.25. The van der Waals surface area contributed by atoms with Crippen LogP contribution < -0.4 is 0 Å². The van der Waals surface area contributed by atoms with Crippen molar-refractivity contribution in [3.05, 3.63) is 39.1 Å². The highest BCUT2D eigenvalue weighted by Gasteiger charge is 2.21. The molecule has 1 aliphatic rings. The number of halogens is 2. The van der Waals surface area contributed by atoms with Crippen LogP contribution in [0.1, 0.15) is 58.6 Å². The largest absolute Gasteiger partial charge is 0.366 e. The fraction of sp³-hybridized carbons (Fsp3) is 0.524. The predicted molar refractivity (Wildman–Crippen MR) is 129 cm³/mol. The van der Waals surface area contributed by atoms with Crippen LogP contribution in [-0.2, 0) is 6.42 Å². The first-order valence-electron chi connectivity index (χ1n) is 9.93. The lowest BCUT2D eigenvalue weighted by molar-refractivity contribution is 0.0719. The molecule has 0 bridgehead atoms. The first-order chi connectivity index (χ1) is 13.5. The first-order valence-corrected chi connectivity index (χ1v) is 10.8. The fourth-order valence-electron chi connectivity index (χ4n) is 3.19. The SMILES string of the molecule is CCN(C)C=Nc1cc(C)c(Cc2nc(C(=O)N3CCCCC3)cs2)nc1C.Cl.Cl.